The lowest BCUT2D eigenvalue weighted by Crippen LogP contribution is -2.66. The molecule has 0 saturated heterocycles. The molecule has 0 bridgehead atoms. The summed E-state index contributed by atoms with van der Waals surface area (Å²) in [6.45, 7) is 9.73. The van der Waals surface area contributed by atoms with Crippen molar-refractivity contribution in [2.45, 2.75) is 51.7 Å². The van der Waals surface area contributed by atoms with Crippen LogP contribution in [0.25, 0.3) is 0 Å². The second-order valence-electron chi connectivity index (χ2n) is 8.61. The number of hydrogen-bond donors (Lipinski definition) is 1. The molecular formula is C23H32O2Si. The Morgan fingerprint density at radius 3 is 1.92 bits per heavy atom. The number of benzene rings is 2. The van der Waals surface area contributed by atoms with Crippen LogP contribution in [0.2, 0.25) is 5.04 Å². The smallest absolute Gasteiger partial charge is 0.261 e. The Balaban J connectivity index is 1.96. The first-order valence-corrected chi connectivity index (χ1v) is 11.7. The third kappa shape index (κ3) is 3.66. The highest BCUT2D eigenvalue weighted by molar-refractivity contribution is 6.99. The van der Waals surface area contributed by atoms with Gasteiger partial charge in [0.15, 0.2) is 0 Å². The molecule has 3 rings (SSSR count). The molecule has 0 spiro atoms. The van der Waals surface area contributed by atoms with Crippen molar-refractivity contribution >= 4 is 18.7 Å². The number of hydrogen-bond acceptors (Lipinski definition) is 2. The van der Waals surface area contributed by atoms with Gasteiger partial charge in [-0.3, -0.25) is 0 Å². The van der Waals surface area contributed by atoms with E-state index < -0.39 is 8.32 Å². The van der Waals surface area contributed by atoms with E-state index in [-0.39, 0.29) is 11.1 Å². The summed E-state index contributed by atoms with van der Waals surface area (Å²) >= 11 is 0. The zero-order chi connectivity index (χ0) is 18.8. The van der Waals surface area contributed by atoms with Gasteiger partial charge >= 0.3 is 0 Å². The van der Waals surface area contributed by atoms with Gasteiger partial charge in [-0.15, -0.1) is 0 Å². The minimum absolute atomic E-state index is 0.0173. The average Bonchev–Trinajstić information content (AvgIpc) is 3.42. The van der Waals surface area contributed by atoms with Gasteiger partial charge in [-0.25, -0.2) is 0 Å². The molecular weight excluding hydrogens is 336 g/mol. The van der Waals surface area contributed by atoms with Gasteiger partial charge in [0.25, 0.3) is 8.32 Å². The highest BCUT2D eigenvalue weighted by Crippen LogP contribution is 2.44. The van der Waals surface area contributed by atoms with Crippen molar-refractivity contribution in [3.8, 4) is 0 Å². The minimum atomic E-state index is -2.43. The summed E-state index contributed by atoms with van der Waals surface area (Å²) in [5.41, 5.74) is 0. The first-order valence-electron chi connectivity index (χ1n) is 9.83. The molecule has 1 N–H and O–H groups in total. The predicted molar refractivity (Wildman–Crippen MR) is 111 cm³/mol. The Morgan fingerprint density at radius 2 is 1.50 bits per heavy atom. The van der Waals surface area contributed by atoms with Crippen molar-refractivity contribution in [2.24, 2.45) is 11.8 Å². The fourth-order valence-electron chi connectivity index (χ4n) is 4.23. The maximum absolute atomic E-state index is 10.1. The molecule has 1 aliphatic carbocycles. The van der Waals surface area contributed by atoms with Gasteiger partial charge in [-0.2, -0.15) is 0 Å². The Bertz CT molecular complexity index is 654. The topological polar surface area (TPSA) is 29.5 Å². The van der Waals surface area contributed by atoms with E-state index >= 15 is 0 Å². The number of rotatable bonds is 7. The van der Waals surface area contributed by atoms with E-state index in [1.807, 2.05) is 0 Å². The van der Waals surface area contributed by atoms with Gasteiger partial charge < -0.3 is 9.53 Å². The van der Waals surface area contributed by atoms with Crippen molar-refractivity contribution in [2.75, 3.05) is 6.61 Å². The fourth-order valence-corrected chi connectivity index (χ4v) is 8.85. The van der Waals surface area contributed by atoms with Crippen molar-refractivity contribution < 1.29 is 9.53 Å². The molecule has 0 aliphatic heterocycles. The van der Waals surface area contributed by atoms with E-state index in [4.69, 9.17) is 4.43 Å². The zero-order valence-corrected chi connectivity index (χ0v) is 17.5. The molecule has 0 radical (unpaired) electrons. The van der Waals surface area contributed by atoms with Gasteiger partial charge in [0.05, 0.1) is 6.10 Å². The molecule has 0 unspecified atom stereocenters. The van der Waals surface area contributed by atoms with Crippen molar-refractivity contribution in [3.63, 3.8) is 0 Å². The van der Waals surface area contributed by atoms with Gasteiger partial charge in [0.1, 0.15) is 0 Å². The quantitative estimate of drug-likeness (QED) is 0.749. The van der Waals surface area contributed by atoms with Crippen molar-refractivity contribution in [1.29, 1.82) is 0 Å². The molecule has 0 amide bonds. The normalized spacial score (nSPS) is 21.4. The van der Waals surface area contributed by atoms with Crippen molar-refractivity contribution in [3.05, 3.63) is 60.7 Å². The van der Waals surface area contributed by atoms with E-state index in [2.05, 4.69) is 88.4 Å². The summed E-state index contributed by atoms with van der Waals surface area (Å²) in [6, 6.07) is 21.6. The third-order valence-electron chi connectivity index (χ3n) is 5.82. The molecule has 1 fully saturated rings. The average molecular weight is 369 g/mol. The third-order valence-corrected chi connectivity index (χ3v) is 10.8. The Labute approximate surface area is 159 Å². The number of aliphatic hydroxyl groups excluding tert-OH is 1. The lowest BCUT2D eigenvalue weighted by molar-refractivity contribution is 0.133. The maximum Gasteiger partial charge on any atom is 0.261 e. The summed E-state index contributed by atoms with van der Waals surface area (Å²) in [7, 11) is -2.43. The molecule has 1 aliphatic rings. The lowest BCUT2D eigenvalue weighted by Gasteiger charge is -2.43. The van der Waals surface area contributed by atoms with E-state index in [1.54, 1.807) is 0 Å². The molecule has 3 heteroatoms. The summed E-state index contributed by atoms with van der Waals surface area (Å²) in [5, 5.41) is 12.8. The van der Waals surface area contributed by atoms with E-state index in [0.717, 1.165) is 19.4 Å². The molecule has 2 nitrogen and oxygen atoms in total. The second kappa shape index (κ2) is 7.67. The molecule has 140 valence electrons. The summed E-state index contributed by atoms with van der Waals surface area (Å²) in [4.78, 5) is 0. The molecule has 3 atom stereocenters. The van der Waals surface area contributed by atoms with E-state index in [0.29, 0.717) is 11.8 Å². The van der Waals surface area contributed by atoms with E-state index in [9.17, 15) is 5.11 Å². The highest BCUT2D eigenvalue weighted by atomic mass is 28.4. The summed E-state index contributed by atoms with van der Waals surface area (Å²) in [5.74, 6) is 0.907. The second-order valence-corrected chi connectivity index (χ2v) is 12.9. The van der Waals surface area contributed by atoms with Crippen LogP contribution in [-0.4, -0.2) is 26.1 Å². The molecule has 26 heavy (non-hydrogen) atoms. The molecule has 2 aromatic rings. The fraction of sp³-hybridized carbons (Fsp3) is 0.478. The standard InChI is InChI=1S/C23H32O2Si/c1-5-22(24)21-16-18(21)17-25-26(23(2,3)4,19-12-8-6-9-13-19)20-14-10-7-11-15-20/h6-15,18,21-22,24H,5,16-17H2,1-4H3/t18-,21-,22-/m0/s1. The molecule has 0 aromatic heterocycles. The predicted octanol–water partition coefficient (Wildman–Crippen LogP) is 3.97. The Morgan fingerprint density at radius 1 is 1.00 bits per heavy atom. The van der Waals surface area contributed by atoms with Crippen LogP contribution in [0, 0.1) is 11.8 Å². The van der Waals surface area contributed by atoms with Crippen LogP contribution in [-0.2, 0) is 4.43 Å². The monoisotopic (exact) mass is 368 g/mol. The SMILES string of the molecule is CC[C@H](O)[C@H]1C[C@H]1CO[Si](c1ccccc1)(c1ccccc1)C(C)(C)C. The Hall–Kier alpha value is -1.42. The lowest BCUT2D eigenvalue weighted by atomic mass is 10.1. The number of aliphatic hydroxyl groups is 1. The van der Waals surface area contributed by atoms with Gasteiger partial charge in [0.2, 0.25) is 0 Å². The summed E-state index contributed by atoms with van der Waals surface area (Å²) in [6.07, 6.45) is 1.75. The van der Waals surface area contributed by atoms with Crippen LogP contribution >= 0.6 is 0 Å². The first kappa shape index (κ1) is 19.3. The zero-order valence-electron chi connectivity index (χ0n) is 16.5. The van der Waals surface area contributed by atoms with Crippen LogP contribution in [0.3, 0.4) is 0 Å². The highest BCUT2D eigenvalue weighted by Gasteiger charge is 2.52. The van der Waals surface area contributed by atoms with Crippen LogP contribution in [0.15, 0.2) is 60.7 Å². The van der Waals surface area contributed by atoms with Gasteiger partial charge in [0, 0.05) is 6.61 Å². The first-order chi connectivity index (χ1) is 12.4. The van der Waals surface area contributed by atoms with Gasteiger partial charge in [-0.05, 0) is 40.1 Å². The van der Waals surface area contributed by atoms with Crippen molar-refractivity contribution in [1.82, 2.24) is 0 Å². The maximum atomic E-state index is 10.1. The van der Waals surface area contributed by atoms with Crippen LogP contribution in [0.4, 0.5) is 0 Å². The van der Waals surface area contributed by atoms with Crippen LogP contribution < -0.4 is 10.4 Å². The molecule has 1 saturated carbocycles. The van der Waals surface area contributed by atoms with Crippen LogP contribution in [0.1, 0.15) is 40.5 Å². The summed E-state index contributed by atoms with van der Waals surface area (Å²) < 4.78 is 6.94. The molecule has 2 aromatic carbocycles. The minimum Gasteiger partial charge on any atom is -0.407 e. The van der Waals surface area contributed by atoms with Gasteiger partial charge in [-0.1, -0.05) is 88.4 Å². The largest absolute Gasteiger partial charge is 0.407 e. The van der Waals surface area contributed by atoms with E-state index in [1.165, 1.54) is 10.4 Å². The van der Waals surface area contributed by atoms with Crippen LogP contribution in [0.5, 0.6) is 0 Å². The molecule has 0 heterocycles. The Kier molecular flexibility index (Phi) is 5.71.